The van der Waals surface area contributed by atoms with E-state index in [0.717, 1.165) is 15.4 Å². The number of carboxylic acids is 1. The zero-order valence-electron chi connectivity index (χ0n) is 13.6. The first-order valence-electron chi connectivity index (χ1n) is 8.05. The maximum Gasteiger partial charge on any atom is 0.323 e. The smallest absolute Gasteiger partial charge is 0.323 e. The van der Waals surface area contributed by atoms with Gasteiger partial charge in [0.1, 0.15) is 11.9 Å². The molecule has 7 nitrogen and oxygen atoms in total. The zero-order valence-corrected chi connectivity index (χ0v) is 14.4. The van der Waals surface area contributed by atoms with Crippen molar-refractivity contribution in [1.82, 2.24) is 13.9 Å². The maximum absolute atomic E-state index is 13.0. The number of piperazine rings is 1. The van der Waals surface area contributed by atoms with Crippen LogP contribution in [0, 0.1) is 5.82 Å². The summed E-state index contributed by atoms with van der Waals surface area (Å²) in [6.45, 7) is 1.09. The number of carbonyl (C=O) groups is 1. The van der Waals surface area contributed by atoms with Crippen LogP contribution in [0.1, 0.15) is 12.0 Å². The number of hydrogen-bond acceptors (Lipinski definition) is 4. The Balaban J connectivity index is 1.76. The Morgan fingerprint density at radius 3 is 2.56 bits per heavy atom. The maximum atomic E-state index is 13.0. The Hall–Kier alpha value is -1.81. The minimum atomic E-state index is -3.85. The van der Waals surface area contributed by atoms with E-state index in [0.29, 0.717) is 13.0 Å². The molecule has 2 heterocycles. The molecule has 1 aromatic rings. The van der Waals surface area contributed by atoms with Gasteiger partial charge in [-0.2, -0.15) is 17.0 Å². The number of nitrogens with one attached hydrogen (secondary N) is 1. The molecule has 3 rings (SSSR count). The lowest BCUT2D eigenvalue weighted by molar-refractivity contribution is -0.141. The highest BCUT2D eigenvalue weighted by Crippen LogP contribution is 2.25. The summed E-state index contributed by atoms with van der Waals surface area (Å²) in [5.74, 6) is -1.47. The molecule has 0 bridgehead atoms. The van der Waals surface area contributed by atoms with Crippen molar-refractivity contribution in [3.8, 4) is 0 Å². The minimum Gasteiger partial charge on any atom is -0.480 e. The molecule has 136 valence electrons. The number of hydrogen-bond donors (Lipinski definition) is 2. The predicted octanol–water partition coefficient (Wildman–Crippen LogP) is 0.518. The van der Waals surface area contributed by atoms with E-state index in [9.17, 15) is 22.7 Å². The fourth-order valence-electron chi connectivity index (χ4n) is 3.11. The number of aliphatic carboxylic acids is 1. The molecular weight excluding hydrogens is 349 g/mol. The fourth-order valence-corrected chi connectivity index (χ4v) is 4.80. The molecule has 0 aliphatic carbocycles. The van der Waals surface area contributed by atoms with Crippen LogP contribution in [0.3, 0.4) is 0 Å². The van der Waals surface area contributed by atoms with Gasteiger partial charge in [0.2, 0.25) is 0 Å². The summed E-state index contributed by atoms with van der Waals surface area (Å²) >= 11 is 0. The van der Waals surface area contributed by atoms with E-state index in [2.05, 4.69) is 5.32 Å². The lowest BCUT2D eigenvalue weighted by Gasteiger charge is -2.37. The normalized spacial score (nSPS) is 23.2. The second-order valence-electron chi connectivity index (χ2n) is 6.02. The highest BCUT2D eigenvalue weighted by molar-refractivity contribution is 7.86. The summed E-state index contributed by atoms with van der Waals surface area (Å²) in [6.07, 6.45) is 2.29. The van der Waals surface area contributed by atoms with Crippen LogP contribution in [0.5, 0.6) is 0 Å². The van der Waals surface area contributed by atoms with Gasteiger partial charge in [-0.1, -0.05) is 18.2 Å². The van der Waals surface area contributed by atoms with Crippen molar-refractivity contribution in [2.45, 2.75) is 12.5 Å². The molecule has 2 aliphatic rings. The number of benzene rings is 1. The van der Waals surface area contributed by atoms with Gasteiger partial charge in [-0.05, 0) is 29.7 Å². The van der Waals surface area contributed by atoms with Gasteiger partial charge < -0.3 is 10.4 Å². The molecule has 1 saturated heterocycles. The van der Waals surface area contributed by atoms with Gasteiger partial charge in [-0.15, -0.1) is 0 Å². The van der Waals surface area contributed by atoms with Gasteiger partial charge in [0.05, 0.1) is 0 Å². The summed E-state index contributed by atoms with van der Waals surface area (Å²) in [5, 5.41) is 12.2. The molecule has 0 aromatic heterocycles. The second-order valence-corrected chi connectivity index (χ2v) is 7.90. The fraction of sp³-hybridized carbons (Fsp3) is 0.438. The van der Waals surface area contributed by atoms with E-state index in [1.54, 1.807) is 18.2 Å². The van der Waals surface area contributed by atoms with E-state index in [1.165, 1.54) is 16.4 Å². The Bertz CT molecular complexity index is 779. The molecule has 2 aliphatic heterocycles. The van der Waals surface area contributed by atoms with Crippen molar-refractivity contribution in [3.05, 3.63) is 41.7 Å². The molecule has 0 saturated carbocycles. The minimum absolute atomic E-state index is 0.0963. The van der Waals surface area contributed by atoms with Crippen LogP contribution >= 0.6 is 0 Å². The van der Waals surface area contributed by atoms with Crippen molar-refractivity contribution in [2.24, 2.45) is 0 Å². The second kappa shape index (κ2) is 7.20. The highest BCUT2D eigenvalue weighted by Gasteiger charge is 2.40. The molecular formula is C16H20FN3O4S. The van der Waals surface area contributed by atoms with Crippen LogP contribution in [0.4, 0.5) is 4.39 Å². The number of nitrogens with zero attached hydrogens (tertiary/aromatic N) is 2. The first-order valence-corrected chi connectivity index (χ1v) is 9.44. The van der Waals surface area contributed by atoms with Gasteiger partial charge in [-0.3, -0.25) is 4.79 Å². The lowest BCUT2D eigenvalue weighted by Crippen LogP contribution is -2.60. The Labute approximate surface area is 145 Å². The molecule has 0 radical (unpaired) electrons. The molecule has 0 amide bonds. The largest absolute Gasteiger partial charge is 0.480 e. The molecule has 2 N–H and O–H groups in total. The quantitative estimate of drug-likeness (QED) is 0.808. The zero-order chi connectivity index (χ0) is 18.0. The van der Waals surface area contributed by atoms with Crippen LogP contribution in [0.15, 0.2) is 30.3 Å². The molecule has 1 aromatic carbocycles. The van der Waals surface area contributed by atoms with E-state index in [4.69, 9.17) is 0 Å². The molecule has 25 heavy (non-hydrogen) atoms. The third-order valence-electron chi connectivity index (χ3n) is 4.49. The van der Waals surface area contributed by atoms with E-state index < -0.39 is 22.2 Å². The van der Waals surface area contributed by atoms with E-state index >= 15 is 0 Å². The standard InChI is InChI=1S/C16H20FN3O4S/c17-14-3-1-12(2-4-14)13-5-8-19(9-6-13)25(23,24)20-10-7-18-11-15(20)16(21)22/h1-5,15,18H,6-11H2,(H,21,22)/t15-/m1/s1. The summed E-state index contributed by atoms with van der Waals surface area (Å²) < 4.78 is 41.0. The molecule has 0 unspecified atom stereocenters. The lowest BCUT2D eigenvalue weighted by atomic mass is 10.0. The third kappa shape index (κ3) is 3.74. The highest BCUT2D eigenvalue weighted by atomic mass is 32.2. The van der Waals surface area contributed by atoms with Crippen LogP contribution in [-0.4, -0.2) is 66.9 Å². The molecule has 1 fully saturated rings. The van der Waals surface area contributed by atoms with Crippen molar-refractivity contribution in [2.75, 3.05) is 32.7 Å². The summed E-state index contributed by atoms with van der Waals surface area (Å²) in [5.41, 5.74) is 1.82. The molecule has 9 heteroatoms. The van der Waals surface area contributed by atoms with Crippen molar-refractivity contribution in [1.29, 1.82) is 0 Å². The monoisotopic (exact) mass is 369 g/mol. The summed E-state index contributed by atoms with van der Waals surface area (Å²) in [6, 6.07) is 4.99. The van der Waals surface area contributed by atoms with Gasteiger partial charge in [0, 0.05) is 32.7 Å². The van der Waals surface area contributed by atoms with Gasteiger partial charge in [0.15, 0.2) is 0 Å². The van der Waals surface area contributed by atoms with Crippen molar-refractivity contribution in [3.63, 3.8) is 0 Å². The van der Waals surface area contributed by atoms with Crippen LogP contribution in [0.2, 0.25) is 0 Å². The SMILES string of the molecule is O=C(O)[C@H]1CNCCN1S(=O)(=O)N1CC=C(c2ccc(F)cc2)CC1. The Morgan fingerprint density at radius 1 is 1.24 bits per heavy atom. The molecule has 1 atom stereocenters. The average Bonchev–Trinajstić information content (AvgIpc) is 2.62. The first kappa shape index (κ1) is 18.0. The Morgan fingerprint density at radius 2 is 1.96 bits per heavy atom. The van der Waals surface area contributed by atoms with Gasteiger partial charge >= 0.3 is 5.97 Å². The predicted molar refractivity (Wildman–Crippen MR) is 90.5 cm³/mol. The van der Waals surface area contributed by atoms with Crippen LogP contribution in [0.25, 0.3) is 5.57 Å². The van der Waals surface area contributed by atoms with Crippen LogP contribution < -0.4 is 5.32 Å². The first-order chi connectivity index (χ1) is 11.9. The summed E-state index contributed by atoms with van der Waals surface area (Å²) in [4.78, 5) is 11.4. The topological polar surface area (TPSA) is 90.0 Å². The van der Waals surface area contributed by atoms with Crippen LogP contribution in [-0.2, 0) is 15.0 Å². The van der Waals surface area contributed by atoms with E-state index in [1.807, 2.05) is 0 Å². The number of rotatable bonds is 4. The third-order valence-corrected chi connectivity index (χ3v) is 6.50. The van der Waals surface area contributed by atoms with E-state index in [-0.39, 0.29) is 32.0 Å². The van der Waals surface area contributed by atoms with Gasteiger partial charge in [-0.25, -0.2) is 4.39 Å². The average molecular weight is 369 g/mol. The summed E-state index contributed by atoms with van der Waals surface area (Å²) in [7, 11) is -3.85. The Kier molecular flexibility index (Phi) is 5.19. The number of halogens is 1. The van der Waals surface area contributed by atoms with Crippen molar-refractivity contribution < 1.29 is 22.7 Å². The van der Waals surface area contributed by atoms with Gasteiger partial charge in [0.25, 0.3) is 10.2 Å². The molecule has 0 spiro atoms. The van der Waals surface area contributed by atoms with Crippen molar-refractivity contribution >= 4 is 21.8 Å². The number of carboxylic acid groups (broad SMARTS) is 1.